The Morgan fingerprint density at radius 2 is 1.67 bits per heavy atom. The Morgan fingerprint density at radius 1 is 0.926 bits per heavy atom. The number of benzene rings is 3. The topological polar surface area (TPSA) is 66.0 Å². The van der Waals surface area contributed by atoms with Gasteiger partial charge in [-0.15, -0.1) is 0 Å². The molecule has 0 unspecified atom stereocenters. The molecule has 0 saturated carbocycles. The van der Waals surface area contributed by atoms with Gasteiger partial charge in [-0.3, -0.25) is 0 Å². The molecule has 0 atom stereocenters. The van der Waals surface area contributed by atoms with E-state index in [1.807, 2.05) is 54.6 Å². The number of quaternary nitrogens is 1. The fraction of sp³-hybridized carbons (Fsp3) is 0.136. The van der Waals surface area contributed by atoms with Crippen LogP contribution in [0.1, 0.15) is 27.0 Å². The van der Waals surface area contributed by atoms with E-state index in [-0.39, 0.29) is 5.56 Å². The minimum absolute atomic E-state index is 0.196. The van der Waals surface area contributed by atoms with E-state index in [1.54, 1.807) is 12.1 Å². The Labute approximate surface area is 163 Å². The molecule has 3 aromatic carbocycles. The summed E-state index contributed by atoms with van der Waals surface area (Å²) < 4.78 is 5.85. The largest absolute Gasteiger partial charge is 0.545 e. The van der Waals surface area contributed by atoms with E-state index in [9.17, 15) is 9.90 Å². The molecule has 0 fully saturated rings. The van der Waals surface area contributed by atoms with Crippen LogP contribution in [0.3, 0.4) is 0 Å². The van der Waals surface area contributed by atoms with E-state index in [0.29, 0.717) is 11.6 Å². The maximum Gasteiger partial charge on any atom is 0.120 e. The Morgan fingerprint density at radius 3 is 2.41 bits per heavy atom. The van der Waals surface area contributed by atoms with E-state index in [0.717, 1.165) is 35.5 Å². The molecular formula is C22H20ClNO3. The van der Waals surface area contributed by atoms with Crippen LogP contribution in [0.4, 0.5) is 0 Å². The van der Waals surface area contributed by atoms with E-state index >= 15 is 0 Å². The average Bonchev–Trinajstić information content (AvgIpc) is 2.68. The Balaban J connectivity index is 1.51. The molecule has 0 aliphatic heterocycles. The number of carboxylic acids is 1. The predicted molar refractivity (Wildman–Crippen MR) is 102 cm³/mol. The number of aromatic carboxylic acids is 1. The van der Waals surface area contributed by atoms with Crippen molar-refractivity contribution in [1.29, 1.82) is 0 Å². The van der Waals surface area contributed by atoms with Crippen LogP contribution in [0, 0.1) is 0 Å². The summed E-state index contributed by atoms with van der Waals surface area (Å²) in [5.41, 5.74) is 3.36. The minimum Gasteiger partial charge on any atom is -0.545 e. The third-order valence-electron chi connectivity index (χ3n) is 4.20. The number of hydrogen-bond acceptors (Lipinski definition) is 3. The highest BCUT2D eigenvalue weighted by molar-refractivity contribution is 6.31. The highest BCUT2D eigenvalue weighted by Gasteiger charge is 2.03. The van der Waals surface area contributed by atoms with Crippen LogP contribution in [0.15, 0.2) is 72.8 Å². The van der Waals surface area contributed by atoms with E-state index < -0.39 is 5.97 Å². The van der Waals surface area contributed by atoms with Gasteiger partial charge in [-0.05, 0) is 23.8 Å². The minimum atomic E-state index is -1.15. The second-order valence-electron chi connectivity index (χ2n) is 6.21. The van der Waals surface area contributed by atoms with Crippen LogP contribution >= 0.6 is 11.6 Å². The first-order valence-corrected chi connectivity index (χ1v) is 9.07. The fourth-order valence-electron chi connectivity index (χ4n) is 2.72. The van der Waals surface area contributed by atoms with Crippen molar-refractivity contribution < 1.29 is 20.0 Å². The number of carbonyl (C=O) groups is 1. The molecule has 0 aliphatic rings. The first-order chi connectivity index (χ1) is 13.1. The number of nitrogens with two attached hydrogens (primary N) is 1. The van der Waals surface area contributed by atoms with Crippen LogP contribution < -0.4 is 15.2 Å². The van der Waals surface area contributed by atoms with Crippen molar-refractivity contribution in [2.75, 3.05) is 0 Å². The lowest BCUT2D eigenvalue weighted by Gasteiger charge is -2.09. The van der Waals surface area contributed by atoms with Crippen molar-refractivity contribution in [3.8, 4) is 5.75 Å². The van der Waals surface area contributed by atoms with Gasteiger partial charge in [-0.25, -0.2) is 0 Å². The summed E-state index contributed by atoms with van der Waals surface area (Å²) in [6, 6.07) is 22.4. The number of hydrogen-bond donors (Lipinski definition) is 1. The summed E-state index contributed by atoms with van der Waals surface area (Å²) in [6.45, 7) is 1.99. The van der Waals surface area contributed by atoms with Gasteiger partial charge in [0.05, 0.1) is 5.97 Å². The molecule has 2 N–H and O–H groups in total. The Bertz CT molecular complexity index is 909. The van der Waals surface area contributed by atoms with Gasteiger partial charge in [-0.2, -0.15) is 0 Å². The first-order valence-electron chi connectivity index (χ1n) is 8.69. The van der Waals surface area contributed by atoms with Gasteiger partial charge >= 0.3 is 0 Å². The second-order valence-corrected chi connectivity index (χ2v) is 6.62. The summed E-state index contributed by atoms with van der Waals surface area (Å²) in [6.07, 6.45) is 0. The van der Waals surface area contributed by atoms with Crippen LogP contribution in [0.5, 0.6) is 5.75 Å². The number of halogens is 1. The zero-order valence-corrected chi connectivity index (χ0v) is 15.5. The number of ether oxygens (including phenoxy) is 1. The third-order valence-corrected chi connectivity index (χ3v) is 4.57. The molecule has 0 saturated heterocycles. The monoisotopic (exact) mass is 381 g/mol. The number of rotatable bonds is 8. The Hall–Kier alpha value is -2.82. The molecule has 0 aliphatic carbocycles. The fourth-order valence-corrected chi connectivity index (χ4v) is 2.91. The molecule has 0 aromatic heterocycles. The molecule has 4 nitrogen and oxygen atoms in total. The van der Waals surface area contributed by atoms with Gasteiger partial charge in [0, 0.05) is 21.7 Å². The van der Waals surface area contributed by atoms with Crippen molar-refractivity contribution in [3.63, 3.8) is 0 Å². The zero-order chi connectivity index (χ0) is 19.1. The maximum atomic E-state index is 10.8. The van der Waals surface area contributed by atoms with Crippen LogP contribution in [0.25, 0.3) is 0 Å². The molecule has 0 spiro atoms. The Kier molecular flexibility index (Phi) is 6.47. The predicted octanol–water partition coefficient (Wildman–Crippen LogP) is 2.55. The molecular weight excluding hydrogens is 362 g/mol. The van der Waals surface area contributed by atoms with E-state index in [1.165, 1.54) is 0 Å². The van der Waals surface area contributed by atoms with Crippen LogP contribution in [0.2, 0.25) is 5.02 Å². The highest BCUT2D eigenvalue weighted by atomic mass is 35.5. The van der Waals surface area contributed by atoms with Crippen molar-refractivity contribution in [1.82, 2.24) is 0 Å². The summed E-state index contributed by atoms with van der Waals surface area (Å²) in [7, 11) is 0. The van der Waals surface area contributed by atoms with Crippen molar-refractivity contribution in [3.05, 3.63) is 100 Å². The summed E-state index contributed by atoms with van der Waals surface area (Å²) >= 11 is 6.15. The van der Waals surface area contributed by atoms with E-state index in [2.05, 4.69) is 11.4 Å². The third kappa shape index (κ3) is 5.58. The maximum absolute atomic E-state index is 10.8. The SMILES string of the molecule is O=C([O-])c1ccc(C[NH2+]Cc2cccc(OCc3ccccc3Cl)c2)cc1. The molecule has 3 aromatic rings. The van der Waals surface area contributed by atoms with E-state index in [4.69, 9.17) is 16.3 Å². The standard InChI is InChI=1S/C22H20ClNO3/c23-21-7-2-1-5-19(21)15-27-20-6-3-4-17(12-20)14-24-13-16-8-10-18(11-9-16)22(25)26/h1-12,24H,13-15H2,(H,25,26). The van der Waals surface area contributed by atoms with Crippen LogP contribution in [-0.2, 0) is 19.7 Å². The van der Waals surface area contributed by atoms with Gasteiger partial charge in [0.2, 0.25) is 0 Å². The average molecular weight is 382 g/mol. The molecule has 138 valence electrons. The molecule has 3 rings (SSSR count). The lowest BCUT2D eigenvalue weighted by atomic mass is 10.1. The lowest BCUT2D eigenvalue weighted by Crippen LogP contribution is -2.80. The number of carbonyl (C=O) groups excluding carboxylic acids is 1. The zero-order valence-electron chi connectivity index (χ0n) is 14.7. The first kappa shape index (κ1) is 19.0. The molecule has 5 heteroatoms. The second kappa shape index (κ2) is 9.21. The molecule has 27 heavy (non-hydrogen) atoms. The highest BCUT2D eigenvalue weighted by Crippen LogP contribution is 2.19. The van der Waals surface area contributed by atoms with Gasteiger partial charge in [-0.1, -0.05) is 66.2 Å². The lowest BCUT2D eigenvalue weighted by molar-refractivity contribution is -0.686. The summed E-state index contributed by atoms with van der Waals surface area (Å²) in [5.74, 6) is -0.349. The normalized spacial score (nSPS) is 10.6. The molecule has 0 radical (unpaired) electrons. The smallest absolute Gasteiger partial charge is 0.120 e. The van der Waals surface area contributed by atoms with Gasteiger partial charge in [0.15, 0.2) is 0 Å². The quantitative estimate of drug-likeness (QED) is 0.652. The van der Waals surface area contributed by atoms with Crippen molar-refractivity contribution in [2.45, 2.75) is 19.7 Å². The molecule has 0 bridgehead atoms. The van der Waals surface area contributed by atoms with Gasteiger partial charge in [0.25, 0.3) is 0 Å². The molecule has 0 amide bonds. The summed E-state index contributed by atoms with van der Waals surface area (Å²) in [4.78, 5) is 10.8. The van der Waals surface area contributed by atoms with Crippen molar-refractivity contribution in [2.24, 2.45) is 0 Å². The van der Waals surface area contributed by atoms with Crippen molar-refractivity contribution >= 4 is 17.6 Å². The molecule has 0 heterocycles. The van der Waals surface area contributed by atoms with Crippen LogP contribution in [-0.4, -0.2) is 5.97 Å². The van der Waals surface area contributed by atoms with Gasteiger partial charge < -0.3 is 20.0 Å². The summed E-state index contributed by atoms with van der Waals surface area (Å²) in [5, 5.41) is 13.6. The number of carboxylic acid groups (broad SMARTS) is 1. The van der Waals surface area contributed by atoms with Gasteiger partial charge in [0.1, 0.15) is 25.4 Å².